The fraction of sp³-hybridized carbons (Fsp3) is 0.200. The van der Waals surface area contributed by atoms with Gasteiger partial charge in [0.15, 0.2) is 0 Å². The van der Waals surface area contributed by atoms with Crippen molar-refractivity contribution in [2.24, 2.45) is 11.7 Å². The normalized spacial score (nSPS) is 19.6. The van der Waals surface area contributed by atoms with Crippen molar-refractivity contribution < 1.29 is 14.3 Å². The van der Waals surface area contributed by atoms with Gasteiger partial charge in [-0.05, 0) is 17.2 Å². The number of amides is 2. The van der Waals surface area contributed by atoms with Crippen LogP contribution in [0.5, 0.6) is 0 Å². The minimum Gasteiger partial charge on any atom is -0.369 e. The van der Waals surface area contributed by atoms with E-state index in [9.17, 15) is 9.59 Å². The van der Waals surface area contributed by atoms with Crippen LogP contribution in [0.3, 0.4) is 0 Å². The third kappa shape index (κ3) is 3.84. The summed E-state index contributed by atoms with van der Waals surface area (Å²) in [5.41, 5.74) is 9.14. The van der Waals surface area contributed by atoms with E-state index in [2.05, 4.69) is 0 Å². The molecule has 152 valence electrons. The van der Waals surface area contributed by atoms with Gasteiger partial charge in [0.05, 0.1) is 18.2 Å². The van der Waals surface area contributed by atoms with E-state index in [1.807, 2.05) is 84.9 Å². The number of carbonyl (C=O) groups excluding carboxylic acids is 2. The number of hydrogen-bond acceptors (Lipinski definition) is 3. The lowest BCUT2D eigenvalue weighted by atomic mass is 9.99. The average molecular weight is 400 g/mol. The van der Waals surface area contributed by atoms with Crippen LogP contribution in [0.25, 0.3) is 0 Å². The zero-order valence-corrected chi connectivity index (χ0v) is 16.8. The second-order valence-corrected chi connectivity index (χ2v) is 7.51. The summed E-state index contributed by atoms with van der Waals surface area (Å²) < 4.78 is 6.34. The molecule has 3 aromatic carbocycles. The van der Waals surface area contributed by atoms with Gasteiger partial charge in [-0.2, -0.15) is 0 Å². The van der Waals surface area contributed by atoms with E-state index in [-0.39, 0.29) is 5.91 Å². The molecule has 4 rings (SSSR count). The Hall–Kier alpha value is -3.44. The molecule has 0 saturated carbocycles. The smallest absolute Gasteiger partial charge is 0.257 e. The number of nitrogens with zero attached hydrogens (tertiary/aromatic N) is 1. The highest BCUT2D eigenvalue weighted by atomic mass is 16.5. The molecule has 5 nitrogen and oxygen atoms in total. The molecule has 1 aliphatic heterocycles. The number of carbonyl (C=O) groups is 2. The minimum atomic E-state index is -0.983. The van der Waals surface area contributed by atoms with E-state index in [1.54, 1.807) is 11.8 Å². The van der Waals surface area contributed by atoms with Crippen molar-refractivity contribution in [1.29, 1.82) is 0 Å². The molecule has 0 saturated heterocycles. The molecule has 0 aliphatic carbocycles. The van der Waals surface area contributed by atoms with E-state index >= 15 is 0 Å². The highest BCUT2D eigenvalue weighted by Crippen LogP contribution is 2.39. The molecule has 0 bridgehead atoms. The Morgan fingerprint density at radius 2 is 1.57 bits per heavy atom. The number of anilines is 1. The molecule has 0 spiro atoms. The van der Waals surface area contributed by atoms with Gasteiger partial charge in [0.1, 0.15) is 12.2 Å². The van der Waals surface area contributed by atoms with Crippen LogP contribution >= 0.6 is 0 Å². The largest absolute Gasteiger partial charge is 0.369 e. The highest BCUT2D eigenvalue weighted by Gasteiger charge is 2.40. The molecule has 0 aromatic heterocycles. The van der Waals surface area contributed by atoms with Gasteiger partial charge in [0, 0.05) is 5.56 Å². The van der Waals surface area contributed by atoms with Crippen molar-refractivity contribution >= 4 is 17.5 Å². The summed E-state index contributed by atoms with van der Waals surface area (Å²) >= 11 is 0. The van der Waals surface area contributed by atoms with Gasteiger partial charge in [-0.25, -0.2) is 0 Å². The summed E-state index contributed by atoms with van der Waals surface area (Å²) in [5, 5.41) is 0. The number of primary amides is 1. The number of ether oxygens (including phenoxy) is 1. The molecule has 1 heterocycles. The van der Waals surface area contributed by atoms with E-state index in [4.69, 9.17) is 10.5 Å². The Labute approximate surface area is 176 Å². The first-order valence-electron chi connectivity index (χ1n) is 10.00. The first kappa shape index (κ1) is 19.9. The molecule has 0 fully saturated rings. The Morgan fingerprint density at radius 1 is 0.967 bits per heavy atom. The maximum atomic E-state index is 13.6. The number of fused-ring (bicyclic) bond motifs is 1. The Balaban J connectivity index is 1.85. The Bertz CT molecular complexity index is 1040. The lowest BCUT2D eigenvalue weighted by molar-refractivity contribution is -0.142. The SMILES string of the molecule is CC(C(N)=O)C1OC(c2ccccc2)c2ccccc2N(Cc2ccccc2)C1=O. The number of hydrogen-bond donors (Lipinski definition) is 1. The molecule has 1 aliphatic rings. The average Bonchev–Trinajstić information content (AvgIpc) is 2.90. The predicted molar refractivity (Wildman–Crippen MR) is 116 cm³/mol. The van der Waals surface area contributed by atoms with E-state index in [0.717, 1.165) is 22.4 Å². The molecule has 2 amide bonds. The molecule has 5 heteroatoms. The molecular weight excluding hydrogens is 376 g/mol. The molecule has 2 N–H and O–H groups in total. The van der Waals surface area contributed by atoms with Crippen molar-refractivity contribution in [3.63, 3.8) is 0 Å². The molecule has 3 unspecified atom stereocenters. The molecule has 3 aromatic rings. The summed E-state index contributed by atoms with van der Waals surface area (Å²) in [6.45, 7) is 2.02. The first-order chi connectivity index (χ1) is 14.6. The predicted octanol–water partition coefficient (Wildman–Crippen LogP) is 3.83. The van der Waals surface area contributed by atoms with Crippen LogP contribution in [0.4, 0.5) is 5.69 Å². The summed E-state index contributed by atoms with van der Waals surface area (Å²) in [6, 6.07) is 27.2. The quantitative estimate of drug-likeness (QED) is 0.707. The van der Waals surface area contributed by atoms with E-state index < -0.39 is 24.0 Å². The van der Waals surface area contributed by atoms with Crippen molar-refractivity contribution in [2.75, 3.05) is 4.90 Å². The van der Waals surface area contributed by atoms with Crippen molar-refractivity contribution in [1.82, 2.24) is 0 Å². The fourth-order valence-electron chi connectivity index (χ4n) is 3.80. The third-order valence-electron chi connectivity index (χ3n) is 5.49. The summed E-state index contributed by atoms with van der Waals surface area (Å²) in [6.07, 6.45) is -1.47. The lowest BCUT2D eigenvalue weighted by Crippen LogP contribution is -2.45. The molecule has 30 heavy (non-hydrogen) atoms. The van der Waals surface area contributed by atoms with Crippen LogP contribution in [-0.4, -0.2) is 17.9 Å². The highest BCUT2D eigenvalue weighted by molar-refractivity contribution is 6.00. The summed E-state index contributed by atoms with van der Waals surface area (Å²) in [5.74, 6) is -1.60. The van der Waals surface area contributed by atoms with Crippen LogP contribution in [0.15, 0.2) is 84.9 Å². The van der Waals surface area contributed by atoms with Gasteiger partial charge < -0.3 is 15.4 Å². The number of benzene rings is 3. The molecule has 0 radical (unpaired) electrons. The first-order valence-corrected chi connectivity index (χ1v) is 10.00. The van der Waals surface area contributed by atoms with Crippen molar-refractivity contribution in [2.45, 2.75) is 25.7 Å². The van der Waals surface area contributed by atoms with Gasteiger partial charge in [-0.1, -0.05) is 85.8 Å². The Kier molecular flexibility index (Phi) is 5.63. The summed E-state index contributed by atoms with van der Waals surface area (Å²) in [7, 11) is 0. The fourth-order valence-corrected chi connectivity index (χ4v) is 3.80. The second-order valence-electron chi connectivity index (χ2n) is 7.51. The topological polar surface area (TPSA) is 72.6 Å². The van der Waals surface area contributed by atoms with Crippen LogP contribution < -0.4 is 10.6 Å². The standard InChI is InChI=1S/C25H24N2O3/c1-17(24(26)28)22-25(29)27(16-18-10-4-2-5-11-18)21-15-9-8-14-20(21)23(30-22)19-12-6-3-7-13-19/h2-15,17,22-23H,16H2,1H3,(H2,26,28). The maximum absolute atomic E-state index is 13.6. The zero-order valence-electron chi connectivity index (χ0n) is 16.8. The van der Waals surface area contributed by atoms with Gasteiger partial charge in [-0.15, -0.1) is 0 Å². The summed E-state index contributed by atoms with van der Waals surface area (Å²) in [4.78, 5) is 27.3. The van der Waals surface area contributed by atoms with Gasteiger partial charge >= 0.3 is 0 Å². The van der Waals surface area contributed by atoms with Crippen molar-refractivity contribution in [3.05, 3.63) is 102 Å². The zero-order chi connectivity index (χ0) is 21.1. The minimum absolute atomic E-state index is 0.268. The second kappa shape index (κ2) is 8.51. The van der Waals surface area contributed by atoms with Gasteiger partial charge in [0.2, 0.25) is 5.91 Å². The lowest BCUT2D eigenvalue weighted by Gasteiger charge is -2.27. The van der Waals surface area contributed by atoms with E-state index in [0.29, 0.717) is 6.54 Å². The van der Waals surface area contributed by atoms with Crippen molar-refractivity contribution in [3.8, 4) is 0 Å². The van der Waals surface area contributed by atoms with Crippen LogP contribution in [0.2, 0.25) is 0 Å². The monoisotopic (exact) mass is 400 g/mol. The number of para-hydroxylation sites is 1. The Morgan fingerprint density at radius 3 is 2.23 bits per heavy atom. The number of rotatable bonds is 5. The van der Waals surface area contributed by atoms with Crippen LogP contribution in [-0.2, 0) is 20.9 Å². The number of nitrogens with two attached hydrogens (primary N) is 1. The molecular formula is C25H24N2O3. The van der Waals surface area contributed by atoms with Crippen LogP contribution in [0, 0.1) is 5.92 Å². The maximum Gasteiger partial charge on any atom is 0.257 e. The van der Waals surface area contributed by atoms with E-state index in [1.165, 1.54) is 0 Å². The van der Waals surface area contributed by atoms with Crippen LogP contribution in [0.1, 0.15) is 29.7 Å². The third-order valence-corrected chi connectivity index (χ3v) is 5.49. The van der Waals surface area contributed by atoms with Gasteiger partial charge in [-0.3, -0.25) is 9.59 Å². The molecule has 3 atom stereocenters. The van der Waals surface area contributed by atoms with Gasteiger partial charge in [0.25, 0.3) is 5.91 Å².